The van der Waals surface area contributed by atoms with Crippen molar-refractivity contribution in [3.63, 3.8) is 0 Å². The van der Waals surface area contributed by atoms with Crippen LogP contribution in [0.4, 0.5) is 0 Å². The predicted molar refractivity (Wildman–Crippen MR) is 167 cm³/mol. The maximum atomic E-state index is 14.1. The molecule has 228 valence electrons. The number of hydrazine groups is 1. The van der Waals surface area contributed by atoms with Crippen LogP contribution < -0.4 is 15.6 Å². The number of aliphatic hydroxyl groups excluding tert-OH is 1. The van der Waals surface area contributed by atoms with Crippen molar-refractivity contribution < 1.29 is 28.9 Å². The molecule has 4 rings (SSSR count). The quantitative estimate of drug-likeness (QED) is 0.128. The Hall–Kier alpha value is -3.73. The number of benzene rings is 3. The number of halogens is 1. The maximum Gasteiger partial charge on any atom is 0.306 e. The SMILES string of the molecule is CC(C)(C)OC(=O)CC[C@]1(C(=O)NNCc2ccccc2)N=C(c2ccc(OCCCO)cc2)O[C@H]1c1ccc(Br)cc1. The van der Waals surface area contributed by atoms with Gasteiger partial charge in [0.25, 0.3) is 5.91 Å². The highest BCUT2D eigenvalue weighted by atomic mass is 79.9. The summed E-state index contributed by atoms with van der Waals surface area (Å²) in [5, 5.41) is 9.02. The smallest absolute Gasteiger partial charge is 0.306 e. The normalized spacial score (nSPS) is 18.0. The van der Waals surface area contributed by atoms with Crippen molar-refractivity contribution >= 4 is 33.7 Å². The summed E-state index contributed by atoms with van der Waals surface area (Å²) in [7, 11) is 0. The first-order chi connectivity index (χ1) is 20.6. The fourth-order valence-corrected chi connectivity index (χ4v) is 4.89. The predicted octanol–water partition coefficient (Wildman–Crippen LogP) is 5.41. The van der Waals surface area contributed by atoms with Gasteiger partial charge in [-0.25, -0.2) is 10.4 Å². The van der Waals surface area contributed by atoms with E-state index in [0.717, 1.165) is 15.6 Å². The molecule has 3 aromatic carbocycles. The molecule has 2 atom stereocenters. The number of rotatable bonds is 13. The number of ether oxygens (including phenoxy) is 3. The first-order valence-corrected chi connectivity index (χ1v) is 15.0. The summed E-state index contributed by atoms with van der Waals surface area (Å²) in [5.41, 5.74) is 6.06. The van der Waals surface area contributed by atoms with Crippen LogP contribution in [0.3, 0.4) is 0 Å². The van der Waals surface area contributed by atoms with Crippen molar-refractivity contribution in [2.45, 2.75) is 63.8 Å². The largest absolute Gasteiger partial charge is 0.494 e. The van der Waals surface area contributed by atoms with E-state index in [4.69, 9.17) is 24.3 Å². The van der Waals surface area contributed by atoms with E-state index < -0.39 is 29.1 Å². The van der Waals surface area contributed by atoms with E-state index in [1.807, 2.05) is 54.6 Å². The number of hydrogen-bond donors (Lipinski definition) is 3. The van der Waals surface area contributed by atoms with Crippen LogP contribution in [0.5, 0.6) is 5.75 Å². The van der Waals surface area contributed by atoms with Crippen molar-refractivity contribution in [2.24, 2.45) is 4.99 Å². The topological polar surface area (TPSA) is 118 Å². The number of carbonyl (C=O) groups is 2. The fourth-order valence-electron chi connectivity index (χ4n) is 4.62. The molecule has 0 saturated carbocycles. The number of nitrogens with zero attached hydrogens (tertiary/aromatic N) is 1. The molecule has 1 aliphatic rings. The summed E-state index contributed by atoms with van der Waals surface area (Å²) in [5.74, 6) is 0.0508. The lowest BCUT2D eigenvalue weighted by Gasteiger charge is -2.31. The standard InChI is InChI=1S/C33H38BrN3O6/c1-32(2,3)43-28(39)18-19-33(31(40)37-35-22-23-8-5-4-6-9-23)29(24-10-14-26(34)15-11-24)42-30(36-33)25-12-16-27(17-13-25)41-21-7-20-38/h4-6,8-17,29,35,38H,7,18-22H2,1-3H3,(H,37,40)/t29-,33-/m0/s1. The second-order valence-electron chi connectivity index (χ2n) is 11.2. The Bertz CT molecular complexity index is 1390. The first-order valence-electron chi connectivity index (χ1n) is 14.2. The number of nitrogens with one attached hydrogen (secondary N) is 2. The zero-order valence-corrected chi connectivity index (χ0v) is 26.2. The third-order valence-corrected chi connectivity index (χ3v) is 7.20. The molecule has 0 saturated heterocycles. The summed E-state index contributed by atoms with van der Waals surface area (Å²) >= 11 is 3.48. The van der Waals surface area contributed by atoms with E-state index in [9.17, 15) is 9.59 Å². The molecular formula is C33H38BrN3O6. The van der Waals surface area contributed by atoms with E-state index in [1.165, 1.54) is 0 Å². The highest BCUT2D eigenvalue weighted by Crippen LogP contribution is 2.43. The van der Waals surface area contributed by atoms with Crippen molar-refractivity contribution in [1.82, 2.24) is 10.9 Å². The first kappa shape index (κ1) is 32.2. The van der Waals surface area contributed by atoms with Gasteiger partial charge in [-0.05, 0) is 74.7 Å². The average molecular weight is 653 g/mol. The summed E-state index contributed by atoms with van der Waals surface area (Å²) in [6, 6.07) is 24.4. The van der Waals surface area contributed by atoms with Gasteiger partial charge < -0.3 is 19.3 Å². The highest BCUT2D eigenvalue weighted by Gasteiger charge is 2.53. The minimum absolute atomic E-state index is 0.0474. The van der Waals surface area contributed by atoms with Crippen LogP contribution >= 0.6 is 15.9 Å². The highest BCUT2D eigenvalue weighted by molar-refractivity contribution is 9.10. The van der Waals surface area contributed by atoms with Crippen molar-refractivity contribution in [3.8, 4) is 5.75 Å². The van der Waals surface area contributed by atoms with Gasteiger partial charge >= 0.3 is 5.97 Å². The number of aliphatic hydroxyl groups is 1. The molecule has 1 heterocycles. The minimum atomic E-state index is -1.49. The number of hydrogen-bond acceptors (Lipinski definition) is 8. The maximum absolute atomic E-state index is 14.1. The molecule has 0 aliphatic carbocycles. The van der Waals surface area contributed by atoms with Crippen LogP contribution in [0.25, 0.3) is 0 Å². The molecule has 1 aliphatic heterocycles. The minimum Gasteiger partial charge on any atom is -0.494 e. The third kappa shape index (κ3) is 8.89. The van der Waals surface area contributed by atoms with Crippen LogP contribution in [0.2, 0.25) is 0 Å². The van der Waals surface area contributed by atoms with Gasteiger partial charge in [-0.1, -0.05) is 58.4 Å². The van der Waals surface area contributed by atoms with Gasteiger partial charge in [0.05, 0.1) is 6.61 Å². The molecule has 0 fully saturated rings. The van der Waals surface area contributed by atoms with Crippen LogP contribution in [0.15, 0.2) is 88.3 Å². The average Bonchev–Trinajstić information content (AvgIpc) is 3.37. The van der Waals surface area contributed by atoms with Gasteiger partial charge in [-0.15, -0.1) is 0 Å². The molecule has 0 aromatic heterocycles. The van der Waals surface area contributed by atoms with Crippen LogP contribution in [0.1, 0.15) is 62.8 Å². The summed E-state index contributed by atoms with van der Waals surface area (Å²) in [6.45, 7) is 6.25. The fraction of sp³-hybridized carbons (Fsp3) is 0.364. The number of aliphatic imine (C=N–C) groups is 1. The monoisotopic (exact) mass is 651 g/mol. The molecule has 43 heavy (non-hydrogen) atoms. The lowest BCUT2D eigenvalue weighted by atomic mass is 9.83. The number of esters is 1. The number of carbonyl (C=O) groups excluding carboxylic acids is 2. The van der Waals surface area contributed by atoms with Crippen LogP contribution in [0, 0.1) is 0 Å². The number of amides is 1. The molecule has 0 radical (unpaired) electrons. The lowest BCUT2D eigenvalue weighted by molar-refractivity contribution is -0.155. The Morgan fingerprint density at radius 1 is 1.02 bits per heavy atom. The van der Waals surface area contributed by atoms with Gasteiger partial charge in [-0.3, -0.25) is 15.0 Å². The van der Waals surface area contributed by atoms with E-state index in [1.54, 1.807) is 45.0 Å². The Labute approximate surface area is 260 Å². The van der Waals surface area contributed by atoms with E-state index in [-0.39, 0.29) is 25.3 Å². The van der Waals surface area contributed by atoms with Gasteiger partial charge in [0.2, 0.25) is 5.90 Å². The molecule has 0 unspecified atom stereocenters. The van der Waals surface area contributed by atoms with Crippen molar-refractivity contribution in [2.75, 3.05) is 13.2 Å². The summed E-state index contributed by atoms with van der Waals surface area (Å²) in [6.07, 6.45) is -0.293. The van der Waals surface area contributed by atoms with Gasteiger partial charge in [0.1, 0.15) is 11.4 Å². The van der Waals surface area contributed by atoms with Gasteiger partial charge in [0, 0.05) is 36.0 Å². The Balaban J connectivity index is 1.67. The second kappa shape index (κ2) is 14.6. The van der Waals surface area contributed by atoms with E-state index >= 15 is 0 Å². The third-order valence-electron chi connectivity index (χ3n) is 6.67. The van der Waals surface area contributed by atoms with E-state index in [0.29, 0.717) is 30.9 Å². The molecule has 3 aromatic rings. The molecule has 3 N–H and O–H groups in total. The van der Waals surface area contributed by atoms with Crippen LogP contribution in [-0.2, 0) is 25.6 Å². The molecule has 0 spiro atoms. The molecule has 9 nitrogen and oxygen atoms in total. The van der Waals surface area contributed by atoms with E-state index in [2.05, 4.69) is 26.8 Å². The Morgan fingerprint density at radius 3 is 2.37 bits per heavy atom. The second-order valence-corrected chi connectivity index (χ2v) is 12.1. The Morgan fingerprint density at radius 2 is 1.72 bits per heavy atom. The van der Waals surface area contributed by atoms with Crippen molar-refractivity contribution in [3.05, 3.63) is 100 Å². The van der Waals surface area contributed by atoms with Crippen molar-refractivity contribution in [1.29, 1.82) is 0 Å². The zero-order chi connectivity index (χ0) is 30.9. The summed E-state index contributed by atoms with van der Waals surface area (Å²) in [4.78, 5) is 31.9. The molecule has 0 bridgehead atoms. The Kier molecular flexibility index (Phi) is 11.0. The van der Waals surface area contributed by atoms with Crippen LogP contribution in [-0.4, -0.2) is 47.2 Å². The lowest BCUT2D eigenvalue weighted by Crippen LogP contribution is -2.52. The molecule has 1 amide bonds. The summed E-state index contributed by atoms with van der Waals surface area (Å²) < 4.78 is 18.6. The zero-order valence-electron chi connectivity index (χ0n) is 24.6. The van der Waals surface area contributed by atoms with Gasteiger partial charge in [-0.2, -0.15) is 0 Å². The molecular weight excluding hydrogens is 614 g/mol. The molecule has 10 heteroatoms. The van der Waals surface area contributed by atoms with Gasteiger partial charge in [0.15, 0.2) is 11.6 Å².